The summed E-state index contributed by atoms with van der Waals surface area (Å²) in [5.41, 5.74) is -2.28. The van der Waals surface area contributed by atoms with Gasteiger partial charge in [-0.15, -0.1) is 0 Å². The fourth-order valence-corrected chi connectivity index (χ4v) is 15.7. The van der Waals surface area contributed by atoms with Gasteiger partial charge in [0.05, 0.1) is 42.4 Å². The third kappa shape index (κ3) is 7.83. The van der Waals surface area contributed by atoms with Crippen molar-refractivity contribution in [2.75, 3.05) is 13.2 Å². The molecule has 19 nitrogen and oxygen atoms in total. The van der Waals surface area contributed by atoms with E-state index in [1.165, 1.54) is 6.92 Å². The second-order valence-corrected chi connectivity index (χ2v) is 22.8. The van der Waals surface area contributed by atoms with Crippen LogP contribution < -0.4 is 0 Å². The number of carbonyl (C=O) groups excluding carboxylic acids is 2. The second kappa shape index (κ2) is 18.4. The third-order valence-electron chi connectivity index (χ3n) is 19.6. The van der Waals surface area contributed by atoms with Crippen molar-refractivity contribution in [2.45, 2.75) is 204 Å². The molecular weight excluding hydrogens is 881 g/mol. The van der Waals surface area contributed by atoms with E-state index in [9.17, 15) is 65.8 Å². The fraction of sp³-hybridized carbons (Fsp3) is 0.917. The van der Waals surface area contributed by atoms with Gasteiger partial charge >= 0.3 is 5.97 Å². The molecular formula is C48H76O19. The summed E-state index contributed by atoms with van der Waals surface area (Å²) in [5.74, 6) is -1.49. The molecule has 0 spiro atoms. The van der Waals surface area contributed by atoms with Crippen molar-refractivity contribution in [2.24, 2.45) is 56.7 Å². The zero-order valence-electron chi connectivity index (χ0n) is 39.4. The number of esters is 1. The normalized spacial score (nSPS) is 56.4. The molecule has 3 saturated heterocycles. The quantitative estimate of drug-likeness (QED) is 0.0724. The molecule has 3 heterocycles. The summed E-state index contributed by atoms with van der Waals surface area (Å²) in [6.45, 7) is 14.9. The number of hydrogen-bond acceptors (Lipinski definition) is 19. The van der Waals surface area contributed by atoms with Gasteiger partial charge in [0.25, 0.3) is 0 Å². The van der Waals surface area contributed by atoms with E-state index in [-0.39, 0.29) is 35.0 Å². The lowest BCUT2D eigenvalue weighted by atomic mass is 9.31. The number of aliphatic hydroxyl groups excluding tert-OH is 11. The topological polar surface area (TPSA) is 312 Å². The number of aldehydes is 1. The Labute approximate surface area is 391 Å². The van der Waals surface area contributed by atoms with Crippen LogP contribution in [0.2, 0.25) is 0 Å². The summed E-state index contributed by atoms with van der Waals surface area (Å²) in [6.07, 6.45) is -20.0. The minimum atomic E-state index is -1.89. The Morgan fingerprint density at radius 3 is 2.01 bits per heavy atom. The molecule has 11 N–H and O–H groups in total. The van der Waals surface area contributed by atoms with Gasteiger partial charge in [0.1, 0.15) is 73.4 Å². The highest BCUT2D eigenvalue weighted by atomic mass is 16.8. The average molecular weight is 957 g/mol. The third-order valence-corrected chi connectivity index (χ3v) is 19.6. The molecule has 5 saturated carbocycles. The Hall–Kier alpha value is -1.76. The Morgan fingerprint density at radius 2 is 1.36 bits per heavy atom. The van der Waals surface area contributed by atoms with E-state index in [0.717, 1.165) is 18.3 Å². The molecule has 27 unspecified atom stereocenters. The molecule has 8 aliphatic rings. The highest BCUT2D eigenvalue weighted by Crippen LogP contribution is 2.77. The van der Waals surface area contributed by atoms with Crippen molar-refractivity contribution < 1.29 is 94.2 Å². The lowest BCUT2D eigenvalue weighted by Gasteiger charge is -2.73. The average Bonchev–Trinajstić information content (AvgIpc) is 3.70. The van der Waals surface area contributed by atoms with Crippen LogP contribution in [0.25, 0.3) is 0 Å². The molecule has 27 atom stereocenters. The van der Waals surface area contributed by atoms with Gasteiger partial charge in [-0.25, -0.2) is 0 Å². The zero-order chi connectivity index (χ0) is 49.1. The van der Waals surface area contributed by atoms with Crippen molar-refractivity contribution in [3.63, 3.8) is 0 Å². The van der Waals surface area contributed by atoms with E-state index in [2.05, 4.69) is 27.4 Å². The molecule has 8 rings (SSSR count). The highest BCUT2D eigenvalue weighted by molar-refractivity contribution is 5.78. The van der Waals surface area contributed by atoms with Gasteiger partial charge in [0, 0.05) is 0 Å². The van der Waals surface area contributed by atoms with E-state index in [0.29, 0.717) is 51.4 Å². The smallest absolute Gasteiger partial charge is 0.314 e. The monoisotopic (exact) mass is 956 g/mol. The molecule has 0 radical (unpaired) electrons. The Bertz CT molecular complexity index is 1840. The van der Waals surface area contributed by atoms with Crippen LogP contribution in [0.3, 0.4) is 0 Å². The summed E-state index contributed by atoms with van der Waals surface area (Å²) < 4.78 is 34.6. The maximum Gasteiger partial charge on any atom is 0.314 e. The molecule has 0 aromatic heterocycles. The Kier molecular flexibility index (Phi) is 14.1. The number of hydrogen-bond donors (Lipinski definition) is 11. The van der Waals surface area contributed by atoms with Crippen LogP contribution in [-0.4, -0.2) is 186 Å². The van der Waals surface area contributed by atoms with Gasteiger partial charge in [-0.1, -0.05) is 39.8 Å². The lowest BCUT2D eigenvalue weighted by Crippen LogP contribution is -2.70. The molecule has 0 bridgehead atoms. The van der Waals surface area contributed by atoms with Crippen LogP contribution >= 0.6 is 0 Å². The number of rotatable bonds is 10. The summed E-state index contributed by atoms with van der Waals surface area (Å²) in [5, 5.41) is 120. The molecule has 67 heavy (non-hydrogen) atoms. The SMILES string of the molecule is C=C(C)C1CCC2(C(=O)OC3OC(COC4OC(CO)C(OC5OC(C)C(O)C(O)C5O)C(O)C4O)C(O)C(O)C3O)CCC3(C)C(CC(O)C4C5(C)CCC(O)C(C)(C=O)C5CCC43C)C12. The van der Waals surface area contributed by atoms with Gasteiger partial charge in [-0.05, 0) is 117 Å². The van der Waals surface area contributed by atoms with Crippen molar-refractivity contribution in [3.8, 4) is 0 Å². The molecule has 5 aliphatic carbocycles. The Morgan fingerprint density at radius 1 is 0.716 bits per heavy atom. The van der Waals surface area contributed by atoms with Crippen LogP contribution in [0.15, 0.2) is 12.2 Å². The first-order valence-electron chi connectivity index (χ1n) is 24.3. The first-order valence-corrected chi connectivity index (χ1v) is 24.3. The highest BCUT2D eigenvalue weighted by Gasteiger charge is 2.74. The van der Waals surface area contributed by atoms with E-state index in [4.69, 9.17) is 28.4 Å². The maximum atomic E-state index is 15.0. The van der Waals surface area contributed by atoms with Crippen LogP contribution in [0.4, 0.5) is 0 Å². The lowest BCUT2D eigenvalue weighted by molar-refractivity contribution is -0.361. The van der Waals surface area contributed by atoms with Crippen molar-refractivity contribution in [1.82, 2.24) is 0 Å². The van der Waals surface area contributed by atoms with Crippen LogP contribution in [0.1, 0.15) is 99.3 Å². The molecule has 0 amide bonds. The maximum absolute atomic E-state index is 15.0. The number of aliphatic hydroxyl groups is 11. The standard InChI is InChI=1S/C48H76O19/c1-20(2)22-8-13-48(15-14-46(6)23(29(22)48)16-24(51)39-44(4)11-10-28(52)45(5,19-50)27(44)9-12-47(39,46)7)43(61)67-42-36(59)33(56)31(54)26(65-42)18-62-40-37(60)34(57)38(25(17-49)64-40)66-41-35(58)32(55)30(53)21(3)63-41/h19,21-42,49,51-60H,1,8-18H2,2-7H3. The number of allylic oxidation sites excluding steroid dienone is 1. The van der Waals surface area contributed by atoms with Crippen molar-refractivity contribution in [1.29, 1.82) is 0 Å². The summed E-state index contributed by atoms with van der Waals surface area (Å²) in [4.78, 5) is 27.7. The second-order valence-electron chi connectivity index (χ2n) is 22.8. The van der Waals surface area contributed by atoms with Crippen molar-refractivity contribution >= 4 is 12.3 Å². The van der Waals surface area contributed by atoms with Gasteiger partial charge in [0.15, 0.2) is 12.6 Å². The number of carbonyl (C=O) groups is 2. The van der Waals surface area contributed by atoms with Crippen LogP contribution in [0.5, 0.6) is 0 Å². The van der Waals surface area contributed by atoms with Gasteiger partial charge < -0.3 is 89.4 Å². The molecule has 8 fully saturated rings. The summed E-state index contributed by atoms with van der Waals surface area (Å²) in [6, 6.07) is 0. The molecule has 0 aromatic rings. The van der Waals surface area contributed by atoms with E-state index in [1.54, 1.807) is 0 Å². The van der Waals surface area contributed by atoms with E-state index >= 15 is 0 Å². The zero-order valence-corrected chi connectivity index (χ0v) is 39.4. The number of fused-ring (bicyclic) bond motifs is 7. The molecule has 382 valence electrons. The predicted molar refractivity (Wildman–Crippen MR) is 230 cm³/mol. The summed E-state index contributed by atoms with van der Waals surface area (Å²) >= 11 is 0. The van der Waals surface area contributed by atoms with Crippen LogP contribution in [0, 0.1) is 56.7 Å². The van der Waals surface area contributed by atoms with Gasteiger partial charge in [-0.3, -0.25) is 4.79 Å². The number of ether oxygens (including phenoxy) is 6. The first kappa shape index (κ1) is 51.6. The first-order chi connectivity index (χ1) is 31.4. The molecule has 3 aliphatic heterocycles. The van der Waals surface area contributed by atoms with Crippen molar-refractivity contribution in [3.05, 3.63) is 12.2 Å². The van der Waals surface area contributed by atoms with Crippen LogP contribution in [-0.2, 0) is 38.0 Å². The molecule has 0 aromatic carbocycles. The van der Waals surface area contributed by atoms with E-state index in [1.807, 2.05) is 13.8 Å². The molecule has 19 heteroatoms. The van der Waals surface area contributed by atoms with Gasteiger partial charge in [0.2, 0.25) is 6.29 Å². The predicted octanol–water partition coefficient (Wildman–Crippen LogP) is -0.826. The minimum absolute atomic E-state index is 0.0984. The minimum Gasteiger partial charge on any atom is -0.432 e. The Balaban J connectivity index is 0.979. The fourth-order valence-electron chi connectivity index (χ4n) is 15.7. The summed E-state index contributed by atoms with van der Waals surface area (Å²) in [7, 11) is 0. The van der Waals surface area contributed by atoms with Gasteiger partial charge in [-0.2, -0.15) is 0 Å². The largest absolute Gasteiger partial charge is 0.432 e. The van der Waals surface area contributed by atoms with E-state index < -0.39 is 145 Å².